The molecule has 0 radical (unpaired) electrons. The number of nitrogens with one attached hydrogen (secondary N) is 1. The van der Waals surface area contributed by atoms with Crippen LogP contribution in [0.1, 0.15) is 50.6 Å². The molecule has 2 nitrogen and oxygen atoms in total. The maximum atomic E-state index is 13.3. The van der Waals surface area contributed by atoms with Gasteiger partial charge >= 0.3 is 0 Å². The highest BCUT2D eigenvalue weighted by Crippen LogP contribution is 2.58. The van der Waals surface area contributed by atoms with E-state index in [2.05, 4.69) is 12.2 Å². The van der Waals surface area contributed by atoms with Crippen molar-refractivity contribution in [3.05, 3.63) is 35.6 Å². The summed E-state index contributed by atoms with van der Waals surface area (Å²) in [5.74, 6) is 0.568. The monoisotopic (exact) mass is 277 g/mol. The van der Waals surface area contributed by atoms with E-state index in [0.717, 1.165) is 37.3 Å². The number of benzene rings is 1. The molecular formula is C17H24FNO. The van der Waals surface area contributed by atoms with Crippen LogP contribution < -0.4 is 5.32 Å². The number of hydrogen-bond donors (Lipinski definition) is 2. The van der Waals surface area contributed by atoms with E-state index in [9.17, 15) is 9.50 Å². The van der Waals surface area contributed by atoms with Crippen LogP contribution in [0.25, 0.3) is 0 Å². The minimum Gasteiger partial charge on any atom is -0.393 e. The van der Waals surface area contributed by atoms with E-state index in [1.54, 1.807) is 12.1 Å². The Morgan fingerprint density at radius 3 is 2.70 bits per heavy atom. The Bertz CT molecular complexity index is 462. The van der Waals surface area contributed by atoms with Crippen molar-refractivity contribution in [1.82, 2.24) is 5.32 Å². The average Bonchev–Trinajstić information content (AvgIpc) is 2.34. The van der Waals surface area contributed by atoms with E-state index >= 15 is 0 Å². The molecule has 1 aromatic rings. The van der Waals surface area contributed by atoms with Gasteiger partial charge in [-0.05, 0) is 67.7 Å². The Balaban J connectivity index is 1.48. The molecule has 0 aliphatic heterocycles. The van der Waals surface area contributed by atoms with Gasteiger partial charge in [-0.2, -0.15) is 0 Å². The molecule has 1 atom stereocenters. The topological polar surface area (TPSA) is 32.3 Å². The smallest absolute Gasteiger partial charge is 0.123 e. The first-order valence-electron chi connectivity index (χ1n) is 7.77. The number of aliphatic hydroxyl groups excluding tert-OH is 1. The van der Waals surface area contributed by atoms with Gasteiger partial charge < -0.3 is 10.4 Å². The Hall–Kier alpha value is -0.930. The summed E-state index contributed by atoms with van der Waals surface area (Å²) in [5.41, 5.74) is 1.52. The van der Waals surface area contributed by atoms with Gasteiger partial charge in [0.05, 0.1) is 6.10 Å². The molecule has 2 aliphatic carbocycles. The second-order valence-electron chi connectivity index (χ2n) is 6.76. The molecule has 0 amide bonds. The van der Waals surface area contributed by atoms with E-state index in [1.807, 2.05) is 6.07 Å². The lowest BCUT2D eigenvalue weighted by atomic mass is 9.51. The zero-order valence-electron chi connectivity index (χ0n) is 12.1. The fraction of sp³-hybridized carbons (Fsp3) is 0.647. The van der Waals surface area contributed by atoms with Gasteiger partial charge in [0.15, 0.2) is 0 Å². The van der Waals surface area contributed by atoms with Crippen LogP contribution in [0.5, 0.6) is 0 Å². The van der Waals surface area contributed by atoms with Crippen LogP contribution in [0.2, 0.25) is 0 Å². The van der Waals surface area contributed by atoms with Crippen LogP contribution in [0.3, 0.4) is 0 Å². The van der Waals surface area contributed by atoms with E-state index < -0.39 is 0 Å². The number of rotatable bonds is 5. The molecule has 1 spiro atoms. The predicted molar refractivity (Wildman–Crippen MR) is 77.8 cm³/mol. The predicted octanol–water partition coefficient (Wildman–Crippen LogP) is 3.42. The largest absolute Gasteiger partial charge is 0.393 e. The van der Waals surface area contributed by atoms with Gasteiger partial charge in [-0.3, -0.25) is 0 Å². The maximum absolute atomic E-state index is 13.3. The fourth-order valence-electron chi connectivity index (χ4n) is 4.11. The third-order valence-electron chi connectivity index (χ3n) is 5.09. The van der Waals surface area contributed by atoms with E-state index in [1.165, 1.54) is 18.9 Å². The van der Waals surface area contributed by atoms with Gasteiger partial charge in [-0.1, -0.05) is 19.1 Å². The molecule has 2 saturated carbocycles. The molecule has 20 heavy (non-hydrogen) atoms. The summed E-state index contributed by atoms with van der Waals surface area (Å²) in [5, 5.41) is 13.0. The van der Waals surface area contributed by atoms with Crippen molar-refractivity contribution < 1.29 is 9.50 Å². The minimum atomic E-state index is -0.159. The Kier molecular flexibility index (Phi) is 3.83. The second-order valence-corrected chi connectivity index (χ2v) is 6.76. The lowest BCUT2D eigenvalue weighted by Crippen LogP contribution is -2.52. The van der Waals surface area contributed by atoms with Crippen molar-refractivity contribution in [2.75, 3.05) is 6.54 Å². The highest BCUT2D eigenvalue weighted by atomic mass is 19.1. The van der Waals surface area contributed by atoms with Crippen LogP contribution >= 0.6 is 0 Å². The first-order valence-corrected chi connectivity index (χ1v) is 7.77. The van der Waals surface area contributed by atoms with E-state index in [0.29, 0.717) is 5.41 Å². The molecule has 0 bridgehead atoms. The van der Waals surface area contributed by atoms with Crippen LogP contribution in [-0.4, -0.2) is 17.8 Å². The Morgan fingerprint density at radius 1 is 1.35 bits per heavy atom. The molecule has 2 fully saturated rings. The van der Waals surface area contributed by atoms with Gasteiger partial charge in [0.1, 0.15) is 5.82 Å². The maximum Gasteiger partial charge on any atom is 0.123 e. The molecule has 3 heteroatoms. The van der Waals surface area contributed by atoms with Crippen molar-refractivity contribution in [2.24, 2.45) is 11.3 Å². The molecule has 0 heterocycles. The van der Waals surface area contributed by atoms with Gasteiger partial charge in [0.25, 0.3) is 0 Å². The Labute approximate surface area is 120 Å². The summed E-state index contributed by atoms with van der Waals surface area (Å²) >= 11 is 0. The average molecular weight is 277 g/mol. The molecule has 110 valence electrons. The van der Waals surface area contributed by atoms with Crippen LogP contribution in [0, 0.1) is 17.2 Å². The first kappa shape index (κ1) is 14.0. The third kappa shape index (κ3) is 2.75. The first-order chi connectivity index (χ1) is 9.60. The molecule has 2 N–H and O–H groups in total. The Morgan fingerprint density at radius 2 is 2.10 bits per heavy atom. The van der Waals surface area contributed by atoms with E-state index in [-0.39, 0.29) is 18.0 Å². The van der Waals surface area contributed by atoms with Crippen LogP contribution in [0.15, 0.2) is 24.3 Å². The summed E-state index contributed by atoms with van der Waals surface area (Å²) < 4.78 is 13.3. The standard InChI is InChI=1S/C17H24FNO/c1-2-16(13-4-3-5-14(18)6-13)19-11-12-7-17(8-12)9-15(20)10-17/h3-6,12,15-16,19-20H,2,7-11H2,1H3. The van der Waals surface area contributed by atoms with Crippen molar-refractivity contribution in [3.8, 4) is 0 Å². The highest BCUT2D eigenvalue weighted by Gasteiger charge is 2.51. The molecule has 0 saturated heterocycles. The van der Waals surface area contributed by atoms with E-state index in [4.69, 9.17) is 0 Å². The highest BCUT2D eigenvalue weighted by molar-refractivity contribution is 5.20. The summed E-state index contributed by atoms with van der Waals surface area (Å²) in [4.78, 5) is 0. The third-order valence-corrected chi connectivity index (χ3v) is 5.09. The number of hydrogen-bond acceptors (Lipinski definition) is 2. The summed E-state index contributed by atoms with van der Waals surface area (Å²) in [7, 11) is 0. The SMILES string of the molecule is CCC(NCC1CC2(CC(O)C2)C1)c1cccc(F)c1. The van der Waals surface area contributed by atoms with Crippen LogP contribution in [0.4, 0.5) is 4.39 Å². The van der Waals surface area contributed by atoms with Gasteiger partial charge in [0, 0.05) is 6.04 Å². The number of aliphatic hydroxyl groups is 1. The molecule has 3 rings (SSSR count). The quantitative estimate of drug-likeness (QED) is 0.864. The fourth-order valence-corrected chi connectivity index (χ4v) is 4.11. The summed E-state index contributed by atoms with van der Waals surface area (Å²) in [6, 6.07) is 7.14. The zero-order valence-corrected chi connectivity index (χ0v) is 12.1. The molecule has 1 unspecified atom stereocenters. The van der Waals surface area contributed by atoms with Crippen molar-refractivity contribution in [1.29, 1.82) is 0 Å². The summed E-state index contributed by atoms with van der Waals surface area (Å²) in [6.07, 6.45) is 5.43. The van der Waals surface area contributed by atoms with Crippen molar-refractivity contribution >= 4 is 0 Å². The lowest BCUT2D eigenvalue weighted by molar-refractivity contribution is -0.110. The van der Waals surface area contributed by atoms with Gasteiger partial charge in [-0.15, -0.1) is 0 Å². The zero-order chi connectivity index (χ0) is 14.2. The minimum absolute atomic E-state index is 0.0420. The lowest BCUT2D eigenvalue weighted by Gasteiger charge is -2.56. The second kappa shape index (κ2) is 5.45. The van der Waals surface area contributed by atoms with Crippen molar-refractivity contribution in [2.45, 2.75) is 51.2 Å². The molecule has 0 aromatic heterocycles. The van der Waals surface area contributed by atoms with Crippen LogP contribution in [-0.2, 0) is 0 Å². The normalized spacial score (nSPS) is 33.5. The van der Waals surface area contributed by atoms with Gasteiger partial charge in [-0.25, -0.2) is 4.39 Å². The van der Waals surface area contributed by atoms with Crippen molar-refractivity contribution in [3.63, 3.8) is 0 Å². The molecule has 2 aliphatic rings. The van der Waals surface area contributed by atoms with Gasteiger partial charge in [0.2, 0.25) is 0 Å². The molecular weight excluding hydrogens is 253 g/mol. The number of halogens is 1. The summed E-state index contributed by atoms with van der Waals surface area (Å²) in [6.45, 7) is 3.14. The molecule has 1 aromatic carbocycles.